The highest BCUT2D eigenvalue weighted by Crippen LogP contribution is 2.29. The van der Waals surface area contributed by atoms with Crippen molar-refractivity contribution >= 4 is 38.1 Å². The lowest BCUT2D eigenvalue weighted by Gasteiger charge is -2.26. The Labute approximate surface area is 186 Å². The second kappa shape index (κ2) is 9.08. The minimum absolute atomic E-state index is 0.0737. The van der Waals surface area contributed by atoms with Crippen LogP contribution in [-0.2, 0) is 14.8 Å². The molecule has 0 bridgehead atoms. The van der Waals surface area contributed by atoms with Crippen LogP contribution in [0.4, 0.5) is 10.8 Å². The van der Waals surface area contributed by atoms with E-state index < -0.39 is 20.9 Å². The number of benzene rings is 2. The van der Waals surface area contributed by atoms with Crippen LogP contribution in [0.2, 0.25) is 0 Å². The smallest absolute Gasteiger partial charge is 0.270 e. The summed E-state index contributed by atoms with van der Waals surface area (Å²) >= 11 is 1.06. The van der Waals surface area contributed by atoms with Gasteiger partial charge in [0.2, 0.25) is 15.2 Å². The summed E-state index contributed by atoms with van der Waals surface area (Å²) < 4.78 is 31.9. The maximum Gasteiger partial charge on any atom is 0.270 e. The van der Waals surface area contributed by atoms with E-state index in [2.05, 4.69) is 15.5 Å². The predicted molar refractivity (Wildman–Crippen MR) is 116 cm³/mol. The van der Waals surface area contributed by atoms with Crippen LogP contribution in [0.15, 0.2) is 53.4 Å². The van der Waals surface area contributed by atoms with Gasteiger partial charge in [-0.1, -0.05) is 23.5 Å². The van der Waals surface area contributed by atoms with E-state index in [1.807, 2.05) is 0 Å². The number of nitrogens with one attached hydrogen (secondary N) is 1. The van der Waals surface area contributed by atoms with Crippen molar-refractivity contribution in [1.82, 2.24) is 14.5 Å². The predicted octanol–water partition coefficient (Wildman–Crippen LogP) is 2.39. The molecule has 1 aromatic heterocycles. The van der Waals surface area contributed by atoms with E-state index in [1.54, 1.807) is 12.1 Å². The number of sulfonamides is 1. The lowest BCUT2D eigenvalue weighted by atomic mass is 10.2. The number of nitro benzene ring substituents is 1. The van der Waals surface area contributed by atoms with Gasteiger partial charge in [-0.2, -0.15) is 4.31 Å². The molecular weight excluding hydrogens is 458 g/mol. The largest absolute Gasteiger partial charge is 0.379 e. The number of hydrogen-bond acceptors (Lipinski definition) is 9. The maximum absolute atomic E-state index is 12.7. The molecule has 0 radical (unpaired) electrons. The van der Waals surface area contributed by atoms with Crippen molar-refractivity contribution in [3.05, 3.63) is 64.2 Å². The molecule has 32 heavy (non-hydrogen) atoms. The molecule has 0 spiro atoms. The average Bonchev–Trinajstić information content (AvgIpc) is 3.28. The van der Waals surface area contributed by atoms with E-state index in [0.717, 1.165) is 11.3 Å². The van der Waals surface area contributed by atoms with Crippen molar-refractivity contribution in [2.45, 2.75) is 4.90 Å². The zero-order valence-corrected chi connectivity index (χ0v) is 18.1. The van der Waals surface area contributed by atoms with Gasteiger partial charge in [-0.3, -0.25) is 20.2 Å². The Balaban J connectivity index is 1.46. The molecule has 0 atom stereocenters. The third-order valence-electron chi connectivity index (χ3n) is 4.67. The minimum Gasteiger partial charge on any atom is -0.379 e. The molecule has 3 aromatic rings. The first kappa shape index (κ1) is 22.0. The second-order valence-corrected chi connectivity index (χ2v) is 9.63. The number of ether oxygens (including phenoxy) is 1. The van der Waals surface area contributed by atoms with Crippen LogP contribution in [-0.4, -0.2) is 60.1 Å². The number of aromatic nitrogens is 2. The van der Waals surface area contributed by atoms with Gasteiger partial charge >= 0.3 is 0 Å². The van der Waals surface area contributed by atoms with Gasteiger partial charge in [-0.15, -0.1) is 10.2 Å². The summed E-state index contributed by atoms with van der Waals surface area (Å²) in [5, 5.41) is 22.0. The number of anilines is 1. The minimum atomic E-state index is -3.65. The Morgan fingerprint density at radius 2 is 1.84 bits per heavy atom. The first-order chi connectivity index (χ1) is 15.3. The first-order valence-corrected chi connectivity index (χ1v) is 11.7. The highest BCUT2D eigenvalue weighted by molar-refractivity contribution is 7.89. The number of amides is 1. The zero-order valence-electron chi connectivity index (χ0n) is 16.5. The third kappa shape index (κ3) is 4.65. The normalized spacial score (nSPS) is 14.8. The molecule has 1 N–H and O–H groups in total. The lowest BCUT2D eigenvalue weighted by Crippen LogP contribution is -2.40. The van der Waals surface area contributed by atoms with Crippen LogP contribution in [0.25, 0.3) is 10.6 Å². The molecule has 0 aliphatic carbocycles. The van der Waals surface area contributed by atoms with E-state index in [9.17, 15) is 23.3 Å². The fourth-order valence-corrected chi connectivity index (χ4v) is 5.17. The maximum atomic E-state index is 12.7. The Bertz CT molecular complexity index is 1250. The third-order valence-corrected chi connectivity index (χ3v) is 7.47. The number of non-ortho nitro benzene ring substituents is 1. The summed E-state index contributed by atoms with van der Waals surface area (Å²) in [6, 6.07) is 11.6. The summed E-state index contributed by atoms with van der Waals surface area (Å²) in [6.45, 7) is 1.27. The zero-order chi connectivity index (χ0) is 22.7. The van der Waals surface area contributed by atoms with Crippen molar-refractivity contribution in [1.29, 1.82) is 0 Å². The molecular formula is C19H17N5O6S2. The number of hydrogen-bond donors (Lipinski definition) is 1. The molecule has 0 unspecified atom stereocenters. The highest BCUT2D eigenvalue weighted by atomic mass is 32.2. The molecule has 11 nitrogen and oxygen atoms in total. The molecule has 2 aromatic carbocycles. The Morgan fingerprint density at radius 1 is 1.12 bits per heavy atom. The van der Waals surface area contributed by atoms with Gasteiger partial charge in [0.25, 0.3) is 11.6 Å². The van der Waals surface area contributed by atoms with E-state index in [4.69, 9.17) is 4.74 Å². The SMILES string of the molecule is O=C(Nc1nnc(-c2cccc([N+](=O)[O-])c2)s1)c1ccc(S(=O)(=O)N2CCOCC2)cc1. The first-order valence-electron chi connectivity index (χ1n) is 9.42. The molecule has 1 amide bonds. The number of nitrogens with zero attached hydrogens (tertiary/aromatic N) is 4. The van der Waals surface area contributed by atoms with Gasteiger partial charge < -0.3 is 4.74 Å². The van der Waals surface area contributed by atoms with Crippen LogP contribution < -0.4 is 5.32 Å². The Hall–Kier alpha value is -3.26. The average molecular weight is 476 g/mol. The standard InChI is InChI=1S/C19H17N5O6S2/c25-17(13-4-6-16(7-5-13)32(28,29)23-8-10-30-11-9-23)20-19-22-21-18(31-19)14-2-1-3-15(12-14)24(26)27/h1-7,12H,8-11H2,(H,20,22,25). The van der Waals surface area contributed by atoms with Crippen LogP contribution in [0, 0.1) is 10.1 Å². The second-order valence-electron chi connectivity index (χ2n) is 6.71. The molecule has 2 heterocycles. The highest BCUT2D eigenvalue weighted by Gasteiger charge is 2.26. The van der Waals surface area contributed by atoms with Crippen LogP contribution in [0.3, 0.4) is 0 Å². The van der Waals surface area contributed by atoms with Crippen LogP contribution in [0.1, 0.15) is 10.4 Å². The van der Waals surface area contributed by atoms with Gasteiger partial charge in [0.15, 0.2) is 0 Å². The Morgan fingerprint density at radius 3 is 2.53 bits per heavy atom. The number of morpholine rings is 1. The van der Waals surface area contributed by atoms with Crippen molar-refractivity contribution < 1.29 is 22.9 Å². The van der Waals surface area contributed by atoms with Crippen molar-refractivity contribution in [3.8, 4) is 10.6 Å². The van der Waals surface area contributed by atoms with Crippen molar-refractivity contribution in [3.63, 3.8) is 0 Å². The summed E-state index contributed by atoms with van der Waals surface area (Å²) in [5.41, 5.74) is 0.684. The van der Waals surface area contributed by atoms with E-state index in [0.29, 0.717) is 23.8 Å². The van der Waals surface area contributed by atoms with Gasteiger partial charge in [0.05, 0.1) is 23.0 Å². The van der Waals surface area contributed by atoms with Crippen molar-refractivity contribution in [2.75, 3.05) is 31.6 Å². The van der Waals surface area contributed by atoms with Gasteiger partial charge in [0, 0.05) is 36.3 Å². The van der Waals surface area contributed by atoms with Gasteiger partial charge in [0.1, 0.15) is 5.01 Å². The summed E-state index contributed by atoms with van der Waals surface area (Å²) in [5.74, 6) is -0.484. The van der Waals surface area contributed by atoms with Crippen LogP contribution >= 0.6 is 11.3 Å². The summed E-state index contributed by atoms with van der Waals surface area (Å²) in [6.07, 6.45) is 0. The number of rotatable bonds is 6. The number of nitro groups is 1. The van der Waals surface area contributed by atoms with Crippen LogP contribution in [0.5, 0.6) is 0 Å². The quantitative estimate of drug-likeness (QED) is 0.423. The molecule has 0 saturated carbocycles. The summed E-state index contributed by atoms with van der Waals surface area (Å²) in [7, 11) is -3.65. The molecule has 1 aliphatic rings. The fraction of sp³-hybridized carbons (Fsp3) is 0.211. The Kier molecular flexibility index (Phi) is 6.23. The fourth-order valence-electron chi connectivity index (χ4n) is 3.03. The van der Waals surface area contributed by atoms with Gasteiger partial charge in [-0.05, 0) is 24.3 Å². The van der Waals surface area contributed by atoms with E-state index in [1.165, 1.54) is 40.7 Å². The molecule has 4 rings (SSSR count). The van der Waals surface area contributed by atoms with E-state index >= 15 is 0 Å². The summed E-state index contributed by atoms with van der Waals surface area (Å²) in [4.78, 5) is 23.1. The van der Waals surface area contributed by atoms with Gasteiger partial charge in [-0.25, -0.2) is 8.42 Å². The molecule has 13 heteroatoms. The number of carbonyl (C=O) groups excluding carboxylic acids is 1. The van der Waals surface area contributed by atoms with E-state index in [-0.39, 0.29) is 34.4 Å². The van der Waals surface area contributed by atoms with Crippen molar-refractivity contribution in [2.24, 2.45) is 0 Å². The molecule has 1 aliphatic heterocycles. The topological polar surface area (TPSA) is 145 Å². The molecule has 1 fully saturated rings. The molecule has 166 valence electrons. The lowest BCUT2D eigenvalue weighted by molar-refractivity contribution is -0.384. The molecule has 1 saturated heterocycles. The number of carbonyl (C=O) groups is 1. The monoisotopic (exact) mass is 475 g/mol.